The summed E-state index contributed by atoms with van der Waals surface area (Å²) >= 11 is 0. The maximum absolute atomic E-state index is 13.0. The van der Waals surface area contributed by atoms with Crippen LogP contribution in [0.5, 0.6) is 5.75 Å². The summed E-state index contributed by atoms with van der Waals surface area (Å²) in [6.07, 6.45) is 0. The lowest BCUT2D eigenvalue weighted by atomic mass is 10.2. The zero-order chi connectivity index (χ0) is 15.6. The van der Waals surface area contributed by atoms with E-state index in [1.54, 1.807) is 0 Å². The molecule has 2 rings (SSSR count). The number of phenols is 1. The van der Waals surface area contributed by atoms with Gasteiger partial charge in [-0.15, -0.1) is 0 Å². The number of aromatic carboxylic acids is 1. The van der Waals surface area contributed by atoms with Crippen LogP contribution in [-0.4, -0.2) is 24.6 Å². The van der Waals surface area contributed by atoms with Crippen LogP contribution in [0.1, 0.15) is 10.4 Å². The molecule has 0 fully saturated rings. The third-order valence-electron chi connectivity index (χ3n) is 2.59. The molecule has 6 nitrogen and oxygen atoms in total. The average Bonchev–Trinajstić information content (AvgIpc) is 2.37. The normalized spacial score (nSPS) is 11.1. The van der Waals surface area contributed by atoms with Crippen LogP contribution in [0.2, 0.25) is 0 Å². The molecule has 0 spiro atoms. The lowest BCUT2D eigenvalue weighted by Gasteiger charge is -2.09. The van der Waals surface area contributed by atoms with Crippen molar-refractivity contribution in [1.29, 1.82) is 0 Å². The summed E-state index contributed by atoms with van der Waals surface area (Å²) in [5.41, 5.74) is -0.398. The lowest BCUT2D eigenvalue weighted by molar-refractivity contribution is 0.0694. The van der Waals surface area contributed by atoms with Gasteiger partial charge in [-0.2, -0.15) is 0 Å². The van der Waals surface area contributed by atoms with Crippen molar-refractivity contribution in [3.05, 3.63) is 53.8 Å². The fourth-order valence-electron chi connectivity index (χ4n) is 1.62. The van der Waals surface area contributed by atoms with Gasteiger partial charge in [-0.25, -0.2) is 17.6 Å². The van der Waals surface area contributed by atoms with E-state index in [0.29, 0.717) is 0 Å². The minimum Gasteiger partial charge on any atom is -0.507 e. The Morgan fingerprint density at radius 3 is 2.43 bits per heavy atom. The number of hydrogen-bond donors (Lipinski definition) is 3. The van der Waals surface area contributed by atoms with Crippen molar-refractivity contribution in [3.63, 3.8) is 0 Å². The molecule has 2 aromatic carbocycles. The van der Waals surface area contributed by atoms with E-state index in [2.05, 4.69) is 4.72 Å². The first-order chi connectivity index (χ1) is 9.79. The summed E-state index contributed by atoms with van der Waals surface area (Å²) in [5, 5.41) is 18.3. The van der Waals surface area contributed by atoms with Crippen molar-refractivity contribution < 1.29 is 27.8 Å². The summed E-state index contributed by atoms with van der Waals surface area (Å²) < 4.78 is 39.2. The van der Waals surface area contributed by atoms with E-state index in [1.807, 2.05) is 0 Å². The summed E-state index contributed by atoms with van der Waals surface area (Å²) in [7, 11) is -4.03. The molecule has 0 atom stereocenters. The molecular weight excluding hydrogens is 301 g/mol. The van der Waals surface area contributed by atoms with E-state index in [1.165, 1.54) is 18.2 Å². The van der Waals surface area contributed by atoms with Crippen molar-refractivity contribution in [2.45, 2.75) is 4.90 Å². The Hall–Kier alpha value is -2.61. The summed E-state index contributed by atoms with van der Waals surface area (Å²) in [5.74, 6) is -2.63. The highest BCUT2D eigenvalue weighted by Crippen LogP contribution is 2.24. The average molecular weight is 311 g/mol. The predicted molar refractivity (Wildman–Crippen MR) is 72.3 cm³/mol. The Morgan fingerprint density at radius 1 is 1.14 bits per heavy atom. The summed E-state index contributed by atoms with van der Waals surface area (Å²) in [6.45, 7) is 0. The number of anilines is 1. The summed E-state index contributed by atoms with van der Waals surface area (Å²) in [4.78, 5) is 10.4. The topological polar surface area (TPSA) is 104 Å². The Bertz CT molecular complexity index is 804. The van der Waals surface area contributed by atoms with Crippen molar-refractivity contribution in [1.82, 2.24) is 0 Å². The third kappa shape index (κ3) is 3.29. The fraction of sp³-hybridized carbons (Fsp3) is 0. The second-order valence-electron chi connectivity index (χ2n) is 4.10. The maximum atomic E-state index is 13.0. The molecule has 0 aliphatic carbocycles. The molecule has 3 N–H and O–H groups in total. The second kappa shape index (κ2) is 5.41. The van der Waals surface area contributed by atoms with Crippen molar-refractivity contribution in [2.24, 2.45) is 0 Å². The number of benzene rings is 2. The predicted octanol–water partition coefficient (Wildman–Crippen LogP) is 2.03. The van der Waals surface area contributed by atoms with Crippen molar-refractivity contribution >= 4 is 21.7 Å². The maximum Gasteiger partial charge on any atom is 0.339 e. The number of nitrogens with one attached hydrogen (secondary N) is 1. The van der Waals surface area contributed by atoms with Crippen LogP contribution in [0.25, 0.3) is 0 Å². The van der Waals surface area contributed by atoms with Crippen molar-refractivity contribution in [3.8, 4) is 5.75 Å². The van der Waals surface area contributed by atoms with Gasteiger partial charge in [-0.05, 0) is 30.3 Å². The van der Waals surface area contributed by atoms with Crippen LogP contribution in [0, 0.1) is 5.82 Å². The molecule has 0 bridgehead atoms. The number of carboxylic acid groups (broad SMARTS) is 1. The molecule has 0 aliphatic heterocycles. The molecule has 0 aliphatic rings. The zero-order valence-electron chi connectivity index (χ0n) is 10.4. The first-order valence-electron chi connectivity index (χ1n) is 5.64. The molecule has 0 aromatic heterocycles. The SMILES string of the molecule is O=C(O)c1ccc(NS(=O)(=O)c2cccc(F)c2)cc1O. The molecule has 0 saturated heterocycles. The van der Waals surface area contributed by atoms with Crippen LogP contribution in [0.4, 0.5) is 10.1 Å². The Balaban J connectivity index is 2.33. The number of carbonyl (C=O) groups is 1. The molecule has 0 saturated carbocycles. The first kappa shape index (κ1) is 14.8. The molecule has 110 valence electrons. The van der Waals surface area contributed by atoms with Gasteiger partial charge in [-0.3, -0.25) is 4.72 Å². The summed E-state index contributed by atoms with van der Waals surface area (Å²) in [6, 6.07) is 7.59. The van der Waals surface area contributed by atoms with Gasteiger partial charge < -0.3 is 10.2 Å². The molecular formula is C13H10FNO5S. The molecule has 0 unspecified atom stereocenters. The van der Waals surface area contributed by atoms with Crippen LogP contribution in [0.3, 0.4) is 0 Å². The highest BCUT2D eigenvalue weighted by molar-refractivity contribution is 7.92. The zero-order valence-corrected chi connectivity index (χ0v) is 11.3. The minimum absolute atomic E-state index is 0.0400. The second-order valence-corrected chi connectivity index (χ2v) is 5.78. The van der Waals surface area contributed by atoms with Gasteiger partial charge in [0.1, 0.15) is 17.1 Å². The van der Waals surface area contributed by atoms with Crippen LogP contribution < -0.4 is 4.72 Å². The Kier molecular flexibility index (Phi) is 3.81. The number of halogens is 1. The molecule has 0 heterocycles. The molecule has 0 radical (unpaired) electrons. The standard InChI is InChI=1S/C13H10FNO5S/c14-8-2-1-3-10(6-8)21(19,20)15-9-4-5-11(13(17)18)12(16)7-9/h1-7,15-16H,(H,17,18). The number of carboxylic acids is 1. The van der Waals surface area contributed by atoms with Gasteiger partial charge in [0, 0.05) is 6.07 Å². The van der Waals surface area contributed by atoms with Crippen molar-refractivity contribution in [2.75, 3.05) is 4.72 Å². The molecule has 0 amide bonds. The number of hydrogen-bond acceptors (Lipinski definition) is 4. The smallest absolute Gasteiger partial charge is 0.339 e. The van der Waals surface area contributed by atoms with E-state index in [4.69, 9.17) is 5.11 Å². The lowest BCUT2D eigenvalue weighted by Crippen LogP contribution is -2.13. The van der Waals surface area contributed by atoms with Gasteiger partial charge in [0.2, 0.25) is 0 Å². The highest BCUT2D eigenvalue weighted by Gasteiger charge is 2.16. The van der Waals surface area contributed by atoms with Crippen LogP contribution in [-0.2, 0) is 10.0 Å². The number of rotatable bonds is 4. The van der Waals surface area contributed by atoms with Gasteiger partial charge in [-0.1, -0.05) is 6.07 Å². The third-order valence-corrected chi connectivity index (χ3v) is 3.97. The van der Waals surface area contributed by atoms with Crippen LogP contribution >= 0.6 is 0 Å². The van der Waals surface area contributed by atoms with Gasteiger partial charge >= 0.3 is 5.97 Å². The monoisotopic (exact) mass is 311 g/mol. The molecule has 2 aromatic rings. The Morgan fingerprint density at radius 2 is 1.86 bits per heavy atom. The van der Waals surface area contributed by atoms with Gasteiger partial charge in [0.15, 0.2) is 0 Å². The highest BCUT2D eigenvalue weighted by atomic mass is 32.2. The van der Waals surface area contributed by atoms with E-state index in [0.717, 1.165) is 24.3 Å². The van der Waals surface area contributed by atoms with E-state index >= 15 is 0 Å². The Labute approximate surface area is 119 Å². The van der Waals surface area contributed by atoms with Gasteiger partial charge in [0.05, 0.1) is 10.6 Å². The molecule has 21 heavy (non-hydrogen) atoms. The minimum atomic E-state index is -4.03. The van der Waals surface area contributed by atoms with Gasteiger partial charge in [0.25, 0.3) is 10.0 Å². The molecule has 8 heteroatoms. The largest absolute Gasteiger partial charge is 0.507 e. The number of sulfonamides is 1. The fourth-order valence-corrected chi connectivity index (χ4v) is 2.70. The first-order valence-corrected chi connectivity index (χ1v) is 7.12. The van der Waals surface area contributed by atoms with E-state index in [-0.39, 0.29) is 16.1 Å². The van der Waals surface area contributed by atoms with E-state index < -0.39 is 27.6 Å². The van der Waals surface area contributed by atoms with E-state index in [9.17, 15) is 22.7 Å². The van der Waals surface area contributed by atoms with Crippen LogP contribution in [0.15, 0.2) is 47.4 Å². The number of aromatic hydroxyl groups is 1. The quantitative estimate of drug-likeness (QED) is 0.801.